The lowest BCUT2D eigenvalue weighted by atomic mass is 10.0. The average Bonchev–Trinajstić information content (AvgIpc) is 4.09. The molecular weight excluding hydrogens is 859 g/mol. The largest absolute Gasteiger partial charge is 0.309 e. The summed E-state index contributed by atoms with van der Waals surface area (Å²) in [6, 6.07) is 84.4. The van der Waals surface area contributed by atoms with E-state index in [-0.39, 0.29) is 0 Å². The molecule has 0 fully saturated rings. The third kappa shape index (κ3) is 6.41. The van der Waals surface area contributed by atoms with E-state index in [4.69, 9.17) is 15.0 Å². The number of nitrogens with zero attached hydrogens (tertiary/aromatic N) is 5. The first-order valence-electron chi connectivity index (χ1n) is 23.3. The molecule has 5 nitrogen and oxygen atoms in total. The van der Waals surface area contributed by atoms with Crippen LogP contribution in [-0.2, 0) is 0 Å². The Balaban J connectivity index is 0.974. The lowest BCUT2D eigenvalue weighted by molar-refractivity contribution is 1.07. The van der Waals surface area contributed by atoms with Gasteiger partial charge in [0.05, 0.1) is 32.5 Å². The van der Waals surface area contributed by atoms with Gasteiger partial charge in [0.1, 0.15) is 0 Å². The summed E-state index contributed by atoms with van der Waals surface area (Å²) in [5.74, 6) is 1.89. The molecule has 6 heteroatoms. The van der Waals surface area contributed by atoms with Gasteiger partial charge >= 0.3 is 0 Å². The molecular formula is C63H39N5S. The van der Waals surface area contributed by atoms with Crippen LogP contribution in [0.25, 0.3) is 132 Å². The molecule has 4 heterocycles. The molecule has 0 saturated heterocycles. The number of hydrogen-bond donors (Lipinski definition) is 0. The number of thiophene rings is 1. The van der Waals surface area contributed by atoms with Crippen LogP contribution in [0.3, 0.4) is 0 Å². The number of rotatable bonds is 7. The van der Waals surface area contributed by atoms with Crippen molar-refractivity contribution in [3.8, 4) is 67.8 Å². The molecule has 0 bridgehead atoms. The van der Waals surface area contributed by atoms with E-state index in [2.05, 4.69) is 221 Å². The van der Waals surface area contributed by atoms with Crippen LogP contribution in [0.1, 0.15) is 0 Å². The Morgan fingerprint density at radius 2 is 0.783 bits per heavy atom. The van der Waals surface area contributed by atoms with Gasteiger partial charge in [-0.3, -0.25) is 0 Å². The van der Waals surface area contributed by atoms with E-state index in [9.17, 15) is 0 Å². The minimum absolute atomic E-state index is 0.627. The van der Waals surface area contributed by atoms with Crippen LogP contribution in [0.15, 0.2) is 237 Å². The maximum absolute atomic E-state index is 5.20. The molecule has 322 valence electrons. The molecule has 4 aromatic heterocycles. The number of benzene rings is 10. The van der Waals surface area contributed by atoms with Gasteiger partial charge in [-0.1, -0.05) is 176 Å². The van der Waals surface area contributed by atoms with Crippen molar-refractivity contribution in [2.24, 2.45) is 0 Å². The number of para-hydroxylation sites is 2. The molecule has 0 amide bonds. The van der Waals surface area contributed by atoms with Crippen molar-refractivity contribution in [2.45, 2.75) is 0 Å². The van der Waals surface area contributed by atoms with Crippen LogP contribution in [-0.4, -0.2) is 24.1 Å². The second-order valence-corrected chi connectivity index (χ2v) is 18.6. The molecule has 0 atom stereocenters. The fourth-order valence-corrected chi connectivity index (χ4v) is 11.6. The summed E-state index contributed by atoms with van der Waals surface area (Å²) in [6.07, 6.45) is 0. The molecule has 14 aromatic rings. The van der Waals surface area contributed by atoms with Crippen LogP contribution >= 0.6 is 11.3 Å². The summed E-state index contributed by atoms with van der Waals surface area (Å²) in [4.78, 5) is 15.4. The fraction of sp³-hybridized carbons (Fsp3) is 0. The second kappa shape index (κ2) is 15.8. The van der Waals surface area contributed by atoms with Crippen molar-refractivity contribution in [2.75, 3.05) is 0 Å². The SMILES string of the molecule is c1ccc(-c2ccc(-c3nc(-c4ccccc4)nc(-c4ccc5c(c4)c4ccc6sc7c(-n8c9ccccc9c9cc(-c%10ccccc%10)ccc98)cccc7c6c4n5-c4ccccc4)n3)cc2)cc1. The Hall–Kier alpha value is -8.97. The minimum Gasteiger partial charge on any atom is -0.309 e. The van der Waals surface area contributed by atoms with Gasteiger partial charge in [0.2, 0.25) is 0 Å². The smallest absolute Gasteiger partial charge is 0.164 e. The molecule has 0 N–H and O–H groups in total. The fourth-order valence-electron chi connectivity index (χ4n) is 10.4. The summed E-state index contributed by atoms with van der Waals surface area (Å²) in [6.45, 7) is 0. The van der Waals surface area contributed by atoms with Gasteiger partial charge in [0.25, 0.3) is 0 Å². The topological polar surface area (TPSA) is 48.5 Å². The molecule has 69 heavy (non-hydrogen) atoms. The van der Waals surface area contributed by atoms with E-state index >= 15 is 0 Å². The van der Waals surface area contributed by atoms with Crippen molar-refractivity contribution in [1.29, 1.82) is 0 Å². The molecule has 0 unspecified atom stereocenters. The maximum Gasteiger partial charge on any atom is 0.164 e. The predicted octanol–water partition coefficient (Wildman–Crippen LogP) is 16.8. The van der Waals surface area contributed by atoms with E-state index in [1.165, 1.54) is 75.3 Å². The molecule has 0 aliphatic heterocycles. The monoisotopic (exact) mass is 897 g/mol. The van der Waals surface area contributed by atoms with E-state index in [0.29, 0.717) is 17.5 Å². The molecule has 0 aliphatic rings. The molecule has 0 saturated carbocycles. The highest BCUT2D eigenvalue weighted by atomic mass is 32.1. The van der Waals surface area contributed by atoms with Gasteiger partial charge in [-0.05, 0) is 82.9 Å². The third-order valence-electron chi connectivity index (χ3n) is 13.6. The number of hydrogen-bond acceptors (Lipinski definition) is 4. The van der Waals surface area contributed by atoms with Gasteiger partial charge < -0.3 is 9.13 Å². The van der Waals surface area contributed by atoms with Crippen molar-refractivity contribution in [1.82, 2.24) is 24.1 Å². The van der Waals surface area contributed by atoms with Gasteiger partial charge in [-0.15, -0.1) is 11.3 Å². The van der Waals surface area contributed by atoms with Gasteiger partial charge in [-0.25, -0.2) is 15.0 Å². The first kappa shape index (κ1) is 39.2. The van der Waals surface area contributed by atoms with Crippen LogP contribution in [0.2, 0.25) is 0 Å². The highest BCUT2D eigenvalue weighted by molar-refractivity contribution is 7.26. The normalized spacial score (nSPS) is 11.8. The van der Waals surface area contributed by atoms with Gasteiger partial charge in [-0.2, -0.15) is 0 Å². The molecule has 14 rings (SSSR count). The van der Waals surface area contributed by atoms with Gasteiger partial charge in [0.15, 0.2) is 17.5 Å². The van der Waals surface area contributed by atoms with Crippen LogP contribution < -0.4 is 0 Å². The molecule has 0 radical (unpaired) electrons. The van der Waals surface area contributed by atoms with E-state index in [1.54, 1.807) is 0 Å². The van der Waals surface area contributed by atoms with E-state index < -0.39 is 0 Å². The van der Waals surface area contributed by atoms with E-state index in [0.717, 1.165) is 38.8 Å². The zero-order valence-electron chi connectivity index (χ0n) is 37.2. The summed E-state index contributed by atoms with van der Waals surface area (Å²) in [5.41, 5.74) is 14.5. The Labute approximate surface area is 401 Å². The number of aromatic nitrogens is 5. The summed E-state index contributed by atoms with van der Waals surface area (Å²) >= 11 is 1.87. The van der Waals surface area contributed by atoms with Crippen molar-refractivity contribution in [3.05, 3.63) is 237 Å². The average molecular weight is 898 g/mol. The lowest BCUT2D eigenvalue weighted by Gasteiger charge is -2.11. The summed E-state index contributed by atoms with van der Waals surface area (Å²) in [5, 5.41) is 7.28. The predicted molar refractivity (Wildman–Crippen MR) is 289 cm³/mol. The number of fused-ring (bicyclic) bond motifs is 10. The maximum atomic E-state index is 5.20. The zero-order valence-corrected chi connectivity index (χ0v) is 38.0. The Morgan fingerprint density at radius 3 is 1.49 bits per heavy atom. The molecule has 10 aromatic carbocycles. The standard InChI is InChI=1S/C63H39N5S/c1-5-16-40(17-6-1)42-28-30-44(31-29-42)62-64-61(43-20-9-3-10-21-43)65-63(66-62)46-33-36-54-52(39-46)49-34-37-57-58(59(49)67(54)47-22-11-4-12-23-47)50-25-15-27-56(60(50)69-57)68-53-26-14-13-24-48(53)51-38-45(32-35-55(51)68)41-18-7-2-8-19-41/h1-39H. The lowest BCUT2D eigenvalue weighted by Crippen LogP contribution is -2.00. The van der Waals surface area contributed by atoms with Crippen LogP contribution in [0, 0.1) is 0 Å². The highest BCUT2D eigenvalue weighted by Gasteiger charge is 2.23. The molecule has 0 spiro atoms. The Bertz CT molecular complexity index is 4270. The Kier molecular flexibility index (Phi) is 9.00. The Morgan fingerprint density at radius 1 is 0.304 bits per heavy atom. The minimum atomic E-state index is 0.627. The third-order valence-corrected chi connectivity index (χ3v) is 14.8. The first-order valence-corrected chi connectivity index (χ1v) is 24.1. The summed E-state index contributed by atoms with van der Waals surface area (Å²) < 4.78 is 7.41. The van der Waals surface area contributed by atoms with Crippen molar-refractivity contribution < 1.29 is 0 Å². The quantitative estimate of drug-likeness (QED) is 0.160. The van der Waals surface area contributed by atoms with E-state index in [1.807, 2.05) is 35.6 Å². The molecule has 0 aliphatic carbocycles. The highest BCUT2D eigenvalue weighted by Crippen LogP contribution is 2.47. The first-order chi connectivity index (χ1) is 34.2. The van der Waals surface area contributed by atoms with Crippen LogP contribution in [0.5, 0.6) is 0 Å². The second-order valence-electron chi connectivity index (χ2n) is 17.6. The summed E-state index contributed by atoms with van der Waals surface area (Å²) in [7, 11) is 0. The zero-order chi connectivity index (χ0) is 45.4. The van der Waals surface area contributed by atoms with Crippen LogP contribution in [0.4, 0.5) is 0 Å². The van der Waals surface area contributed by atoms with Crippen molar-refractivity contribution in [3.63, 3.8) is 0 Å². The van der Waals surface area contributed by atoms with Gasteiger partial charge in [0, 0.05) is 59.4 Å². The van der Waals surface area contributed by atoms with Crippen molar-refractivity contribution >= 4 is 75.1 Å².